The SMILES string of the molecule is Fc1ccccc1-c1nc(Cl)ccc1CCl. The Labute approximate surface area is 103 Å². The molecule has 1 heterocycles. The van der Waals surface area contributed by atoms with E-state index in [4.69, 9.17) is 23.2 Å². The normalized spacial score (nSPS) is 10.4. The molecule has 0 fully saturated rings. The van der Waals surface area contributed by atoms with Gasteiger partial charge in [-0.2, -0.15) is 0 Å². The number of hydrogen-bond donors (Lipinski definition) is 0. The number of rotatable bonds is 2. The van der Waals surface area contributed by atoms with Gasteiger partial charge in [-0.25, -0.2) is 9.37 Å². The Morgan fingerprint density at radius 1 is 1.12 bits per heavy atom. The maximum Gasteiger partial charge on any atom is 0.132 e. The van der Waals surface area contributed by atoms with Gasteiger partial charge in [0, 0.05) is 11.4 Å². The highest BCUT2D eigenvalue weighted by Crippen LogP contribution is 2.26. The van der Waals surface area contributed by atoms with Crippen molar-refractivity contribution in [2.45, 2.75) is 5.88 Å². The number of aromatic nitrogens is 1. The van der Waals surface area contributed by atoms with Crippen LogP contribution in [0.5, 0.6) is 0 Å². The van der Waals surface area contributed by atoms with E-state index in [2.05, 4.69) is 4.98 Å². The van der Waals surface area contributed by atoms with Crippen molar-refractivity contribution in [2.75, 3.05) is 0 Å². The molecule has 82 valence electrons. The fraction of sp³-hybridized carbons (Fsp3) is 0.0833. The van der Waals surface area contributed by atoms with Gasteiger partial charge in [0.2, 0.25) is 0 Å². The minimum atomic E-state index is -0.330. The van der Waals surface area contributed by atoms with E-state index in [1.54, 1.807) is 30.3 Å². The summed E-state index contributed by atoms with van der Waals surface area (Å²) in [5.41, 5.74) is 1.68. The van der Waals surface area contributed by atoms with Crippen LogP contribution in [-0.4, -0.2) is 4.98 Å². The average Bonchev–Trinajstić information content (AvgIpc) is 2.29. The van der Waals surface area contributed by atoms with E-state index in [-0.39, 0.29) is 11.7 Å². The van der Waals surface area contributed by atoms with E-state index >= 15 is 0 Å². The summed E-state index contributed by atoms with van der Waals surface area (Å²) in [6, 6.07) is 9.82. The summed E-state index contributed by atoms with van der Waals surface area (Å²) in [4.78, 5) is 4.12. The molecule has 4 heteroatoms. The molecule has 0 amide bonds. The summed E-state index contributed by atoms with van der Waals surface area (Å²) in [5.74, 6) is -0.0583. The van der Waals surface area contributed by atoms with Crippen LogP contribution < -0.4 is 0 Å². The van der Waals surface area contributed by atoms with E-state index in [9.17, 15) is 4.39 Å². The predicted molar refractivity (Wildman–Crippen MR) is 64.2 cm³/mol. The smallest absolute Gasteiger partial charge is 0.132 e. The zero-order valence-electron chi connectivity index (χ0n) is 8.25. The number of pyridine rings is 1. The van der Waals surface area contributed by atoms with Gasteiger partial charge in [0.25, 0.3) is 0 Å². The first-order chi connectivity index (χ1) is 7.72. The van der Waals surface area contributed by atoms with Crippen LogP contribution in [0.2, 0.25) is 5.15 Å². The summed E-state index contributed by atoms with van der Waals surface area (Å²) in [7, 11) is 0. The molecular formula is C12H8Cl2FN. The van der Waals surface area contributed by atoms with Gasteiger partial charge >= 0.3 is 0 Å². The third-order valence-corrected chi connectivity index (χ3v) is 2.72. The lowest BCUT2D eigenvalue weighted by atomic mass is 10.1. The Morgan fingerprint density at radius 3 is 2.56 bits per heavy atom. The third-order valence-electron chi connectivity index (χ3n) is 2.22. The van der Waals surface area contributed by atoms with E-state index in [0.717, 1.165) is 5.56 Å². The van der Waals surface area contributed by atoms with Crippen LogP contribution in [0.1, 0.15) is 5.56 Å². The monoisotopic (exact) mass is 255 g/mol. The van der Waals surface area contributed by atoms with Crippen LogP contribution in [0.4, 0.5) is 4.39 Å². The molecule has 16 heavy (non-hydrogen) atoms. The summed E-state index contributed by atoms with van der Waals surface area (Å²) in [5, 5.41) is 0.326. The second-order valence-electron chi connectivity index (χ2n) is 3.26. The first-order valence-electron chi connectivity index (χ1n) is 4.68. The molecule has 1 nitrogen and oxygen atoms in total. The number of nitrogens with zero attached hydrogens (tertiary/aromatic N) is 1. The molecule has 0 unspecified atom stereocenters. The van der Waals surface area contributed by atoms with Gasteiger partial charge in [0.1, 0.15) is 11.0 Å². The Balaban J connectivity index is 2.63. The van der Waals surface area contributed by atoms with Crippen molar-refractivity contribution in [3.8, 4) is 11.3 Å². The summed E-state index contributed by atoms with van der Waals surface area (Å²) < 4.78 is 13.6. The Hall–Kier alpha value is -1.12. The molecule has 0 spiro atoms. The molecule has 0 aliphatic carbocycles. The second-order valence-corrected chi connectivity index (χ2v) is 3.91. The molecule has 2 rings (SSSR count). The first kappa shape index (κ1) is 11.4. The van der Waals surface area contributed by atoms with Crippen molar-refractivity contribution in [3.63, 3.8) is 0 Å². The topological polar surface area (TPSA) is 12.9 Å². The van der Waals surface area contributed by atoms with Crippen LogP contribution in [0.15, 0.2) is 36.4 Å². The van der Waals surface area contributed by atoms with Crippen LogP contribution in [0.25, 0.3) is 11.3 Å². The molecule has 2 aromatic rings. The van der Waals surface area contributed by atoms with Crippen molar-refractivity contribution < 1.29 is 4.39 Å². The molecule has 0 aliphatic heterocycles. The molecule has 1 aromatic carbocycles. The lowest BCUT2D eigenvalue weighted by Crippen LogP contribution is -1.93. The largest absolute Gasteiger partial charge is 0.236 e. The molecule has 0 atom stereocenters. The second kappa shape index (κ2) is 4.81. The third kappa shape index (κ3) is 2.18. The van der Waals surface area contributed by atoms with E-state index in [0.29, 0.717) is 16.4 Å². The summed E-state index contributed by atoms with van der Waals surface area (Å²) >= 11 is 11.6. The number of hydrogen-bond acceptors (Lipinski definition) is 1. The van der Waals surface area contributed by atoms with Crippen LogP contribution in [0, 0.1) is 5.82 Å². The highest BCUT2D eigenvalue weighted by molar-refractivity contribution is 6.29. The molecule has 0 saturated heterocycles. The molecule has 0 bridgehead atoms. The molecule has 1 aromatic heterocycles. The zero-order valence-corrected chi connectivity index (χ0v) is 9.76. The van der Waals surface area contributed by atoms with Crippen molar-refractivity contribution in [3.05, 3.63) is 52.9 Å². The zero-order chi connectivity index (χ0) is 11.5. The maximum atomic E-state index is 13.6. The highest BCUT2D eigenvalue weighted by atomic mass is 35.5. The van der Waals surface area contributed by atoms with Crippen LogP contribution in [0.3, 0.4) is 0 Å². The fourth-order valence-corrected chi connectivity index (χ4v) is 1.82. The first-order valence-corrected chi connectivity index (χ1v) is 5.60. The Kier molecular flexibility index (Phi) is 3.42. The van der Waals surface area contributed by atoms with E-state index in [1.165, 1.54) is 6.07 Å². The van der Waals surface area contributed by atoms with E-state index < -0.39 is 0 Å². The number of alkyl halides is 1. The van der Waals surface area contributed by atoms with Crippen molar-refractivity contribution in [2.24, 2.45) is 0 Å². The minimum absolute atomic E-state index is 0.272. The van der Waals surface area contributed by atoms with Crippen molar-refractivity contribution in [1.82, 2.24) is 4.98 Å². The van der Waals surface area contributed by atoms with Crippen LogP contribution in [-0.2, 0) is 5.88 Å². The van der Waals surface area contributed by atoms with Crippen LogP contribution >= 0.6 is 23.2 Å². The summed E-state index contributed by atoms with van der Waals surface area (Å²) in [6.07, 6.45) is 0. The maximum absolute atomic E-state index is 13.6. The van der Waals surface area contributed by atoms with Gasteiger partial charge in [-0.3, -0.25) is 0 Å². The molecule has 0 aliphatic rings. The number of benzene rings is 1. The van der Waals surface area contributed by atoms with Crippen molar-refractivity contribution in [1.29, 1.82) is 0 Å². The lowest BCUT2D eigenvalue weighted by molar-refractivity contribution is 0.630. The fourth-order valence-electron chi connectivity index (χ4n) is 1.46. The minimum Gasteiger partial charge on any atom is -0.236 e. The quantitative estimate of drug-likeness (QED) is 0.577. The lowest BCUT2D eigenvalue weighted by Gasteiger charge is -2.07. The van der Waals surface area contributed by atoms with Crippen molar-refractivity contribution >= 4 is 23.2 Å². The van der Waals surface area contributed by atoms with Gasteiger partial charge in [-0.1, -0.05) is 29.8 Å². The molecular weight excluding hydrogens is 248 g/mol. The molecule has 0 saturated carbocycles. The summed E-state index contributed by atoms with van der Waals surface area (Å²) in [6.45, 7) is 0. The van der Waals surface area contributed by atoms with Gasteiger partial charge in [-0.05, 0) is 23.8 Å². The predicted octanol–water partition coefficient (Wildman–Crippen LogP) is 4.28. The molecule has 0 N–H and O–H groups in total. The standard InChI is InChI=1S/C12H8Cl2FN/c13-7-8-5-6-11(14)16-12(8)9-3-1-2-4-10(9)15/h1-6H,7H2. The average molecular weight is 256 g/mol. The highest BCUT2D eigenvalue weighted by Gasteiger charge is 2.10. The Bertz CT molecular complexity index is 514. The van der Waals surface area contributed by atoms with Gasteiger partial charge < -0.3 is 0 Å². The van der Waals surface area contributed by atoms with Gasteiger partial charge in [0.05, 0.1) is 5.69 Å². The molecule has 0 radical (unpaired) electrons. The van der Waals surface area contributed by atoms with E-state index in [1.807, 2.05) is 0 Å². The van der Waals surface area contributed by atoms with Gasteiger partial charge in [0.15, 0.2) is 0 Å². The number of halogens is 3. The Morgan fingerprint density at radius 2 is 1.88 bits per heavy atom. The van der Waals surface area contributed by atoms with Gasteiger partial charge in [-0.15, -0.1) is 11.6 Å².